The third kappa shape index (κ3) is 2.98. The predicted octanol–water partition coefficient (Wildman–Crippen LogP) is 1.35. The summed E-state index contributed by atoms with van der Waals surface area (Å²) >= 11 is 0.770. The summed E-state index contributed by atoms with van der Waals surface area (Å²) in [6.45, 7) is 0. The molecule has 1 aliphatic carbocycles. The number of aromatic nitrogens is 3. The number of fused-ring (bicyclic) bond motifs is 1. The van der Waals surface area contributed by atoms with Crippen molar-refractivity contribution in [1.29, 1.82) is 0 Å². The van der Waals surface area contributed by atoms with Crippen LogP contribution in [0.15, 0.2) is 6.20 Å². The van der Waals surface area contributed by atoms with Crippen LogP contribution in [0.5, 0.6) is 0 Å². The number of sulfone groups is 1. The Hall–Kier alpha value is -2.34. The van der Waals surface area contributed by atoms with Crippen LogP contribution in [0.2, 0.25) is 0 Å². The van der Waals surface area contributed by atoms with E-state index in [1.807, 2.05) is 0 Å². The molecule has 138 valence electrons. The Labute approximate surface area is 152 Å². The lowest BCUT2D eigenvalue weighted by Crippen LogP contribution is -2.23. The summed E-state index contributed by atoms with van der Waals surface area (Å²) in [4.78, 5) is 26.9. The summed E-state index contributed by atoms with van der Waals surface area (Å²) in [6.07, 6.45) is 3.86. The second-order valence-corrected chi connectivity index (χ2v) is 9.58. The second kappa shape index (κ2) is 6.13. The van der Waals surface area contributed by atoms with Gasteiger partial charge in [-0.1, -0.05) is 0 Å². The van der Waals surface area contributed by atoms with Gasteiger partial charge in [-0.25, -0.2) is 13.4 Å². The summed E-state index contributed by atoms with van der Waals surface area (Å²) in [7, 11) is -3.12. The number of aryl methyl sites for hydroxylation is 1. The van der Waals surface area contributed by atoms with Crippen molar-refractivity contribution >= 4 is 37.2 Å². The van der Waals surface area contributed by atoms with Gasteiger partial charge in [0.1, 0.15) is 11.9 Å². The fraction of sp³-hybridized carbons (Fsp3) is 0.500. The molecule has 0 bridgehead atoms. The molecule has 1 fully saturated rings. The van der Waals surface area contributed by atoms with Crippen molar-refractivity contribution in [3.63, 3.8) is 0 Å². The van der Waals surface area contributed by atoms with Gasteiger partial charge in [0.2, 0.25) is 0 Å². The minimum Gasteiger partial charge on any atom is -0.296 e. The lowest BCUT2D eigenvalue weighted by Gasteiger charge is -2.14. The zero-order chi connectivity index (χ0) is 18.5. The number of carbonyl (C=O) groups excluding carboxylic acids is 1. The molecule has 2 aromatic rings. The molecule has 1 atom stereocenters. The summed E-state index contributed by atoms with van der Waals surface area (Å²) < 4.78 is 25.2. The largest absolute Gasteiger partial charge is 0.345 e. The highest BCUT2D eigenvalue weighted by molar-refractivity contribution is 7.91. The number of thiazole rings is 1. The van der Waals surface area contributed by atoms with Crippen molar-refractivity contribution in [3.05, 3.63) is 33.3 Å². The highest BCUT2D eigenvalue weighted by Crippen LogP contribution is 2.32. The minimum atomic E-state index is -3.12. The molecule has 0 saturated carbocycles. The van der Waals surface area contributed by atoms with Gasteiger partial charge in [-0.2, -0.15) is 5.10 Å². The third-order valence-corrected chi connectivity index (χ3v) is 7.21. The minimum absolute atomic E-state index is 0.0312. The predicted molar refractivity (Wildman–Crippen MR) is 93.3 cm³/mol. The molecule has 26 heavy (non-hydrogen) atoms. The molecule has 2 aliphatic rings. The van der Waals surface area contributed by atoms with Gasteiger partial charge in [-0.15, -0.1) is 0 Å². The lowest BCUT2D eigenvalue weighted by molar-refractivity contribution is -0.380. The van der Waals surface area contributed by atoms with Crippen LogP contribution >= 0.6 is 11.3 Å². The Morgan fingerprint density at radius 1 is 1.42 bits per heavy atom. The maximum Gasteiger partial charge on any atom is 0.345 e. The molecule has 1 aliphatic heterocycles. The highest BCUT2D eigenvalue weighted by atomic mass is 32.2. The van der Waals surface area contributed by atoms with Crippen molar-refractivity contribution < 1.29 is 18.1 Å². The first-order valence-corrected chi connectivity index (χ1v) is 10.7. The van der Waals surface area contributed by atoms with Crippen LogP contribution in [0.4, 0.5) is 10.1 Å². The SMILES string of the molecule is O=C(Nc1ncc([N+](=O)[O-])s1)c1c2c(nn1[C@@H]1CCS(=O)(=O)C1)CCC2. The van der Waals surface area contributed by atoms with Crippen LogP contribution in [0.25, 0.3) is 0 Å². The highest BCUT2D eigenvalue weighted by Gasteiger charge is 2.35. The molecule has 4 rings (SSSR count). The molecule has 10 nitrogen and oxygen atoms in total. The van der Waals surface area contributed by atoms with E-state index in [-0.39, 0.29) is 27.7 Å². The molecular weight excluding hydrogens is 382 g/mol. The molecule has 1 saturated heterocycles. The number of amides is 1. The van der Waals surface area contributed by atoms with Gasteiger partial charge in [-0.05, 0) is 37.0 Å². The molecule has 1 N–H and O–H groups in total. The van der Waals surface area contributed by atoms with Crippen molar-refractivity contribution in [2.75, 3.05) is 16.8 Å². The first-order valence-electron chi connectivity index (χ1n) is 8.06. The molecule has 2 aromatic heterocycles. The maximum atomic E-state index is 12.8. The van der Waals surface area contributed by atoms with Crippen molar-refractivity contribution in [1.82, 2.24) is 14.8 Å². The van der Waals surface area contributed by atoms with E-state index in [1.54, 1.807) is 0 Å². The summed E-state index contributed by atoms with van der Waals surface area (Å²) in [5, 5.41) is 17.8. The molecular formula is C14H15N5O5S2. The molecule has 12 heteroatoms. The Morgan fingerprint density at radius 2 is 2.23 bits per heavy atom. The van der Waals surface area contributed by atoms with Gasteiger partial charge in [0.15, 0.2) is 15.0 Å². The Bertz CT molecular complexity index is 1010. The first kappa shape index (κ1) is 17.1. The quantitative estimate of drug-likeness (QED) is 0.607. The number of nitro groups is 1. The van der Waals surface area contributed by atoms with Gasteiger partial charge in [-0.3, -0.25) is 24.9 Å². The van der Waals surface area contributed by atoms with E-state index in [4.69, 9.17) is 0 Å². The average molecular weight is 397 g/mol. The molecule has 0 unspecified atom stereocenters. The molecule has 1 amide bonds. The summed E-state index contributed by atoms with van der Waals surface area (Å²) in [6, 6.07) is -0.364. The number of nitrogens with zero attached hydrogens (tertiary/aromatic N) is 4. The number of anilines is 1. The van der Waals surface area contributed by atoms with E-state index >= 15 is 0 Å². The van der Waals surface area contributed by atoms with Gasteiger partial charge in [0.05, 0.1) is 28.2 Å². The van der Waals surface area contributed by atoms with Crippen molar-refractivity contribution in [3.8, 4) is 0 Å². The zero-order valence-corrected chi connectivity index (χ0v) is 15.2. The molecule has 3 heterocycles. The van der Waals surface area contributed by atoms with E-state index in [0.717, 1.165) is 41.6 Å². The fourth-order valence-corrected chi connectivity index (χ4v) is 5.77. The zero-order valence-electron chi connectivity index (χ0n) is 13.5. The van der Waals surface area contributed by atoms with Crippen LogP contribution in [0, 0.1) is 10.1 Å². The van der Waals surface area contributed by atoms with Gasteiger partial charge in [0.25, 0.3) is 5.91 Å². The Kier molecular flexibility index (Phi) is 4.03. The second-order valence-electron chi connectivity index (χ2n) is 6.34. The maximum absolute atomic E-state index is 12.8. The van der Waals surface area contributed by atoms with E-state index in [1.165, 1.54) is 4.68 Å². The first-order chi connectivity index (χ1) is 12.3. The van der Waals surface area contributed by atoms with Crippen LogP contribution in [0.3, 0.4) is 0 Å². The standard InChI is InChI=1S/C14H15N5O5S2/c20-13(16-14-15-6-11(25-14)19(21)22)12-9-2-1-3-10(9)17-18(12)8-4-5-26(23,24)7-8/h6,8H,1-5,7H2,(H,15,16,20)/t8-/m1/s1. The number of nitrogens with one attached hydrogen (secondary N) is 1. The van der Waals surface area contributed by atoms with Crippen molar-refractivity contribution in [2.24, 2.45) is 0 Å². The normalized spacial score (nSPS) is 20.8. The molecule has 0 spiro atoms. The third-order valence-electron chi connectivity index (χ3n) is 4.60. The van der Waals surface area contributed by atoms with Gasteiger partial charge >= 0.3 is 5.00 Å². The Morgan fingerprint density at radius 3 is 2.88 bits per heavy atom. The number of hydrogen-bond donors (Lipinski definition) is 1. The smallest absolute Gasteiger partial charge is 0.296 e. The van der Waals surface area contributed by atoms with E-state index in [9.17, 15) is 23.3 Å². The van der Waals surface area contributed by atoms with E-state index in [2.05, 4.69) is 15.4 Å². The number of rotatable bonds is 4. The summed E-state index contributed by atoms with van der Waals surface area (Å²) in [5.41, 5.74) is 2.00. The fourth-order valence-electron chi connectivity index (χ4n) is 3.45. The van der Waals surface area contributed by atoms with E-state index in [0.29, 0.717) is 18.5 Å². The van der Waals surface area contributed by atoms with Crippen molar-refractivity contribution in [2.45, 2.75) is 31.7 Å². The number of carbonyl (C=O) groups is 1. The van der Waals surface area contributed by atoms with Crippen LogP contribution in [0.1, 0.15) is 40.6 Å². The molecule has 0 radical (unpaired) electrons. The van der Waals surface area contributed by atoms with Gasteiger partial charge < -0.3 is 0 Å². The monoisotopic (exact) mass is 397 g/mol. The van der Waals surface area contributed by atoms with E-state index < -0.39 is 20.7 Å². The summed E-state index contributed by atoms with van der Waals surface area (Å²) in [5.74, 6) is -0.410. The van der Waals surface area contributed by atoms with Crippen LogP contribution in [-0.2, 0) is 22.7 Å². The Balaban J connectivity index is 1.66. The topological polar surface area (TPSA) is 137 Å². The lowest BCUT2D eigenvalue weighted by atomic mass is 10.1. The number of hydrogen-bond acceptors (Lipinski definition) is 8. The molecule has 0 aromatic carbocycles. The van der Waals surface area contributed by atoms with Crippen LogP contribution < -0.4 is 5.32 Å². The average Bonchev–Trinajstić information content (AvgIpc) is 3.28. The van der Waals surface area contributed by atoms with Crippen LogP contribution in [-0.4, -0.2) is 45.5 Å². The van der Waals surface area contributed by atoms with Gasteiger partial charge in [0, 0.05) is 5.56 Å².